The highest BCUT2D eigenvalue weighted by Gasteiger charge is 2.31. The maximum atomic E-state index is 12.4. The molecule has 0 atom stereocenters. The predicted octanol–water partition coefficient (Wildman–Crippen LogP) is 4.30. The third-order valence-electron chi connectivity index (χ3n) is 3.29. The lowest BCUT2D eigenvalue weighted by molar-refractivity contribution is -0.137. The zero-order valence-electron chi connectivity index (χ0n) is 12.3. The van der Waals surface area contributed by atoms with E-state index >= 15 is 0 Å². The first-order valence-corrected chi connectivity index (χ1v) is 9.22. The van der Waals surface area contributed by atoms with Crippen LogP contribution in [0.25, 0.3) is 6.08 Å². The lowest BCUT2D eigenvalue weighted by Gasteiger charge is -2.13. The minimum atomic E-state index is -0.785. The quantitative estimate of drug-likeness (QED) is 0.410. The molecule has 0 aliphatic carbocycles. The Morgan fingerprint density at radius 1 is 1.35 bits per heavy atom. The van der Waals surface area contributed by atoms with Crippen LogP contribution in [-0.4, -0.2) is 32.7 Å². The van der Waals surface area contributed by atoms with Gasteiger partial charge in [0.15, 0.2) is 0 Å². The van der Waals surface area contributed by atoms with Gasteiger partial charge in [0.2, 0.25) is 0 Å². The lowest BCUT2D eigenvalue weighted by Crippen LogP contribution is -2.29. The third kappa shape index (κ3) is 5.44. The second-order valence-electron chi connectivity index (χ2n) is 5.09. The zero-order chi connectivity index (χ0) is 16.8. The number of carboxylic acids is 1. The molecule has 2 rings (SSSR count). The average molecular weight is 414 g/mol. The Labute approximate surface area is 153 Å². The predicted molar refractivity (Wildman–Crippen MR) is 100 cm³/mol. The number of amides is 1. The van der Waals surface area contributed by atoms with Crippen LogP contribution in [0.4, 0.5) is 0 Å². The Balaban J connectivity index is 1.93. The van der Waals surface area contributed by atoms with Gasteiger partial charge in [-0.2, -0.15) is 0 Å². The molecule has 1 amide bonds. The molecule has 1 aliphatic heterocycles. The summed E-state index contributed by atoms with van der Waals surface area (Å²) in [4.78, 5) is 25.1. The number of hydrogen-bond acceptors (Lipinski definition) is 4. The number of aliphatic carboxylic acids is 1. The van der Waals surface area contributed by atoms with Crippen molar-refractivity contribution in [2.24, 2.45) is 0 Å². The molecule has 4 nitrogen and oxygen atoms in total. The van der Waals surface area contributed by atoms with Crippen molar-refractivity contribution in [1.82, 2.24) is 4.90 Å². The molecule has 0 unspecified atom stereocenters. The first-order chi connectivity index (χ1) is 11.0. The molecule has 122 valence electrons. The fourth-order valence-electron chi connectivity index (χ4n) is 2.16. The van der Waals surface area contributed by atoms with Crippen LogP contribution < -0.4 is 0 Å². The molecule has 0 radical (unpaired) electrons. The minimum absolute atomic E-state index is 0.0711. The molecule has 0 aromatic heterocycles. The van der Waals surface area contributed by atoms with Gasteiger partial charge in [-0.1, -0.05) is 58.5 Å². The van der Waals surface area contributed by atoms with E-state index in [9.17, 15) is 9.59 Å². The van der Waals surface area contributed by atoms with Crippen molar-refractivity contribution in [3.8, 4) is 0 Å². The topological polar surface area (TPSA) is 57.6 Å². The summed E-state index contributed by atoms with van der Waals surface area (Å²) in [6, 6.07) is 7.72. The van der Waals surface area contributed by atoms with E-state index in [0.717, 1.165) is 22.9 Å². The Kier molecular flexibility index (Phi) is 6.80. The van der Waals surface area contributed by atoms with Gasteiger partial charge in [-0.3, -0.25) is 14.5 Å². The number of carbonyl (C=O) groups excluding carboxylic acids is 1. The molecular weight excluding hydrogens is 398 g/mol. The molecule has 23 heavy (non-hydrogen) atoms. The molecule has 0 bridgehead atoms. The molecule has 7 heteroatoms. The van der Waals surface area contributed by atoms with Crippen molar-refractivity contribution in [1.29, 1.82) is 0 Å². The van der Waals surface area contributed by atoms with Crippen LogP contribution in [0.15, 0.2) is 33.6 Å². The Bertz CT molecular complexity index is 660. The van der Waals surface area contributed by atoms with Crippen LogP contribution in [0.5, 0.6) is 0 Å². The highest BCUT2D eigenvalue weighted by molar-refractivity contribution is 9.10. The van der Waals surface area contributed by atoms with Gasteiger partial charge in [0.05, 0.1) is 4.91 Å². The molecule has 1 heterocycles. The molecule has 1 aromatic rings. The Hall–Kier alpha value is -1.18. The van der Waals surface area contributed by atoms with Gasteiger partial charge in [0.25, 0.3) is 5.91 Å². The van der Waals surface area contributed by atoms with Crippen molar-refractivity contribution in [3.05, 3.63) is 39.2 Å². The molecule has 0 saturated carbocycles. The highest BCUT2D eigenvalue weighted by Crippen LogP contribution is 2.33. The van der Waals surface area contributed by atoms with Gasteiger partial charge in [-0.15, -0.1) is 0 Å². The number of carboxylic acid groups (broad SMARTS) is 1. The van der Waals surface area contributed by atoms with Crippen molar-refractivity contribution < 1.29 is 14.7 Å². The van der Waals surface area contributed by atoms with Crippen LogP contribution in [0.1, 0.15) is 31.2 Å². The fourth-order valence-corrected chi connectivity index (χ4v) is 3.89. The number of carbonyl (C=O) groups is 2. The van der Waals surface area contributed by atoms with Crippen molar-refractivity contribution in [2.75, 3.05) is 6.54 Å². The summed E-state index contributed by atoms with van der Waals surface area (Å²) in [6.45, 7) is 0.542. The number of benzene rings is 1. The summed E-state index contributed by atoms with van der Waals surface area (Å²) in [5.74, 6) is -0.856. The number of unbranched alkanes of at least 4 members (excludes halogenated alkanes) is 2. The van der Waals surface area contributed by atoms with E-state index in [1.807, 2.05) is 30.3 Å². The van der Waals surface area contributed by atoms with E-state index in [2.05, 4.69) is 15.9 Å². The van der Waals surface area contributed by atoms with E-state index < -0.39 is 5.97 Å². The normalized spacial score (nSPS) is 16.4. The number of nitrogens with zero attached hydrogens (tertiary/aromatic N) is 1. The van der Waals surface area contributed by atoms with Gasteiger partial charge in [-0.05, 0) is 36.6 Å². The van der Waals surface area contributed by atoms with Crippen LogP contribution in [-0.2, 0) is 9.59 Å². The molecule has 0 spiro atoms. The lowest BCUT2D eigenvalue weighted by atomic mass is 10.2. The molecule has 1 aromatic carbocycles. The van der Waals surface area contributed by atoms with Gasteiger partial charge < -0.3 is 5.11 Å². The van der Waals surface area contributed by atoms with Crippen LogP contribution in [0.3, 0.4) is 0 Å². The van der Waals surface area contributed by atoms with Crippen molar-refractivity contribution in [3.63, 3.8) is 0 Å². The number of halogens is 1. The summed E-state index contributed by atoms with van der Waals surface area (Å²) in [5.41, 5.74) is 0.946. The smallest absolute Gasteiger partial charge is 0.303 e. The summed E-state index contributed by atoms with van der Waals surface area (Å²) in [6.07, 6.45) is 4.16. The summed E-state index contributed by atoms with van der Waals surface area (Å²) in [5, 5.41) is 8.60. The zero-order valence-corrected chi connectivity index (χ0v) is 15.5. The van der Waals surface area contributed by atoms with E-state index in [4.69, 9.17) is 17.3 Å². The number of rotatable bonds is 7. The van der Waals surface area contributed by atoms with E-state index in [-0.39, 0.29) is 12.3 Å². The minimum Gasteiger partial charge on any atom is -0.481 e. The Morgan fingerprint density at radius 2 is 2.13 bits per heavy atom. The van der Waals surface area contributed by atoms with Crippen molar-refractivity contribution >= 4 is 62.2 Å². The van der Waals surface area contributed by atoms with Gasteiger partial charge in [-0.25, -0.2) is 0 Å². The standard InChI is InChI=1S/C16H16BrNO3S2/c17-12-6-4-5-11(9-12)10-13-15(21)18(16(22)23-13)8-3-1-2-7-14(19)20/h4-6,9-10H,1-3,7-8H2,(H,19,20). The monoisotopic (exact) mass is 413 g/mol. The van der Waals surface area contributed by atoms with E-state index in [0.29, 0.717) is 22.2 Å². The number of thioether (sulfide) groups is 1. The SMILES string of the molecule is O=C(O)CCCCCN1C(=O)C(=Cc2cccc(Br)c2)SC1=S. The molecule has 1 saturated heterocycles. The molecule has 1 aliphatic rings. The number of thiocarbonyl (C=S) groups is 1. The van der Waals surface area contributed by atoms with Crippen LogP contribution in [0, 0.1) is 0 Å². The van der Waals surface area contributed by atoms with Crippen LogP contribution >= 0.6 is 39.9 Å². The van der Waals surface area contributed by atoms with E-state index in [1.54, 1.807) is 4.90 Å². The first kappa shape index (κ1) is 18.2. The number of hydrogen-bond donors (Lipinski definition) is 1. The second-order valence-corrected chi connectivity index (χ2v) is 7.68. The maximum Gasteiger partial charge on any atom is 0.303 e. The molecule has 1 fully saturated rings. The van der Waals surface area contributed by atoms with Gasteiger partial charge in [0, 0.05) is 17.4 Å². The first-order valence-electron chi connectivity index (χ1n) is 7.20. The summed E-state index contributed by atoms with van der Waals surface area (Å²) in [7, 11) is 0. The highest BCUT2D eigenvalue weighted by atomic mass is 79.9. The van der Waals surface area contributed by atoms with Gasteiger partial charge in [0.1, 0.15) is 4.32 Å². The van der Waals surface area contributed by atoms with Crippen LogP contribution in [0.2, 0.25) is 0 Å². The van der Waals surface area contributed by atoms with Gasteiger partial charge >= 0.3 is 5.97 Å². The Morgan fingerprint density at radius 3 is 2.83 bits per heavy atom. The van der Waals surface area contributed by atoms with E-state index in [1.165, 1.54) is 11.8 Å². The maximum absolute atomic E-state index is 12.4. The summed E-state index contributed by atoms with van der Waals surface area (Å²) >= 11 is 10.0. The second kappa shape index (κ2) is 8.61. The molecule has 1 N–H and O–H groups in total. The molecular formula is C16H16BrNO3S2. The third-order valence-corrected chi connectivity index (χ3v) is 5.16. The summed E-state index contributed by atoms with van der Waals surface area (Å²) < 4.78 is 1.52. The van der Waals surface area contributed by atoms with Crippen molar-refractivity contribution in [2.45, 2.75) is 25.7 Å². The average Bonchev–Trinajstić information content (AvgIpc) is 2.74. The fraction of sp³-hybridized carbons (Fsp3) is 0.312. The largest absolute Gasteiger partial charge is 0.481 e.